The molecule has 3 N–H and O–H groups in total. The van der Waals surface area contributed by atoms with Crippen LogP contribution in [-0.4, -0.2) is 27.0 Å². The predicted molar refractivity (Wildman–Crippen MR) is 78.5 cm³/mol. The van der Waals surface area contributed by atoms with Gasteiger partial charge in [-0.2, -0.15) is 0 Å². The first-order valence-corrected chi connectivity index (χ1v) is 7.05. The molecule has 1 amide bonds. The third-order valence-corrected chi connectivity index (χ3v) is 3.79. The Morgan fingerprint density at radius 2 is 2.14 bits per heavy atom. The number of carboxylic acid groups (broad SMARTS) is 1. The summed E-state index contributed by atoms with van der Waals surface area (Å²) in [7, 11) is 0. The van der Waals surface area contributed by atoms with Gasteiger partial charge in [-0.1, -0.05) is 18.2 Å². The summed E-state index contributed by atoms with van der Waals surface area (Å²) in [4.78, 5) is 29.7. The number of aromatic carboxylic acids is 1. The van der Waals surface area contributed by atoms with E-state index in [9.17, 15) is 9.59 Å². The summed E-state index contributed by atoms with van der Waals surface area (Å²) in [5.41, 5.74) is 1.35. The summed E-state index contributed by atoms with van der Waals surface area (Å²) >= 11 is 1.20. The molecular formula is C14H11N3O3S. The van der Waals surface area contributed by atoms with E-state index in [2.05, 4.69) is 15.3 Å². The number of benzene rings is 1. The van der Waals surface area contributed by atoms with Gasteiger partial charge in [0.2, 0.25) is 0 Å². The molecule has 0 spiro atoms. The minimum Gasteiger partial charge on any atom is -0.476 e. The summed E-state index contributed by atoms with van der Waals surface area (Å²) < 4.78 is 0. The number of fused-ring (bicyclic) bond motifs is 1. The van der Waals surface area contributed by atoms with E-state index in [0.29, 0.717) is 10.7 Å². The molecule has 0 unspecified atom stereocenters. The normalized spacial score (nSPS) is 10.7. The van der Waals surface area contributed by atoms with Crippen LogP contribution in [0.2, 0.25) is 0 Å². The van der Waals surface area contributed by atoms with Crippen molar-refractivity contribution >= 4 is 34.1 Å². The number of carboxylic acids is 1. The van der Waals surface area contributed by atoms with Crippen LogP contribution in [0.25, 0.3) is 10.9 Å². The van der Waals surface area contributed by atoms with Crippen LogP contribution < -0.4 is 5.32 Å². The first kappa shape index (κ1) is 13.3. The Labute approximate surface area is 123 Å². The fourth-order valence-corrected chi connectivity index (χ4v) is 2.64. The molecular weight excluding hydrogens is 290 g/mol. The van der Waals surface area contributed by atoms with Gasteiger partial charge in [0.1, 0.15) is 10.7 Å². The molecule has 7 heteroatoms. The highest BCUT2D eigenvalue weighted by atomic mass is 32.1. The lowest BCUT2D eigenvalue weighted by Crippen LogP contribution is -2.23. The van der Waals surface area contributed by atoms with E-state index >= 15 is 0 Å². The van der Waals surface area contributed by atoms with Gasteiger partial charge >= 0.3 is 5.97 Å². The maximum absolute atomic E-state index is 12.0. The van der Waals surface area contributed by atoms with E-state index in [-0.39, 0.29) is 18.1 Å². The SMILES string of the molecule is O=C(O)c1csc(CNC(=O)c2cc3ccccc3[nH]2)n1. The fourth-order valence-electron chi connectivity index (χ4n) is 1.94. The highest BCUT2D eigenvalue weighted by molar-refractivity contribution is 7.09. The van der Waals surface area contributed by atoms with Crippen LogP contribution in [0.3, 0.4) is 0 Å². The number of amides is 1. The average Bonchev–Trinajstić information content (AvgIpc) is 3.11. The van der Waals surface area contributed by atoms with Gasteiger partial charge in [-0.05, 0) is 12.1 Å². The minimum atomic E-state index is -1.07. The number of aromatic amines is 1. The van der Waals surface area contributed by atoms with Crippen LogP contribution in [0.1, 0.15) is 26.0 Å². The first-order valence-electron chi connectivity index (χ1n) is 6.17. The zero-order valence-corrected chi connectivity index (χ0v) is 11.6. The standard InChI is InChI=1S/C14H11N3O3S/c18-13(10-5-8-3-1-2-4-9(8)16-10)15-6-12-17-11(7-21-12)14(19)20/h1-5,7,16H,6H2,(H,15,18)(H,19,20). The second-order valence-corrected chi connectivity index (χ2v) is 5.33. The highest BCUT2D eigenvalue weighted by Crippen LogP contribution is 2.15. The Balaban J connectivity index is 1.69. The summed E-state index contributed by atoms with van der Waals surface area (Å²) in [5.74, 6) is -1.32. The highest BCUT2D eigenvalue weighted by Gasteiger charge is 2.12. The average molecular weight is 301 g/mol. The Morgan fingerprint density at radius 3 is 2.86 bits per heavy atom. The number of para-hydroxylation sites is 1. The molecule has 0 saturated heterocycles. The summed E-state index contributed by atoms with van der Waals surface area (Å²) in [5, 5.41) is 14.5. The number of hydrogen-bond acceptors (Lipinski definition) is 4. The Morgan fingerprint density at radius 1 is 1.33 bits per heavy atom. The largest absolute Gasteiger partial charge is 0.476 e. The lowest BCUT2D eigenvalue weighted by atomic mass is 10.2. The van der Waals surface area contributed by atoms with E-state index in [4.69, 9.17) is 5.11 Å². The Kier molecular flexibility index (Phi) is 3.41. The number of nitrogens with one attached hydrogen (secondary N) is 2. The zero-order chi connectivity index (χ0) is 14.8. The van der Waals surface area contributed by atoms with E-state index in [1.807, 2.05) is 24.3 Å². The van der Waals surface area contributed by atoms with Crippen LogP contribution in [0.4, 0.5) is 0 Å². The lowest BCUT2D eigenvalue weighted by molar-refractivity contribution is 0.0691. The lowest BCUT2D eigenvalue weighted by Gasteiger charge is -2.00. The number of carbonyl (C=O) groups is 2. The van der Waals surface area contributed by atoms with Gasteiger partial charge in [-0.15, -0.1) is 11.3 Å². The van der Waals surface area contributed by atoms with Gasteiger partial charge in [0.05, 0.1) is 6.54 Å². The van der Waals surface area contributed by atoms with Gasteiger partial charge < -0.3 is 15.4 Å². The molecule has 3 aromatic rings. The van der Waals surface area contributed by atoms with Crippen molar-refractivity contribution in [2.75, 3.05) is 0 Å². The van der Waals surface area contributed by atoms with Gasteiger partial charge in [0.25, 0.3) is 5.91 Å². The quantitative estimate of drug-likeness (QED) is 0.688. The fraction of sp³-hybridized carbons (Fsp3) is 0.0714. The van der Waals surface area contributed by atoms with Crippen molar-refractivity contribution < 1.29 is 14.7 Å². The molecule has 0 aliphatic carbocycles. The molecule has 0 aliphatic rings. The first-order chi connectivity index (χ1) is 10.1. The smallest absolute Gasteiger partial charge is 0.355 e. The summed E-state index contributed by atoms with van der Waals surface area (Å²) in [6.45, 7) is 0.201. The van der Waals surface area contributed by atoms with Crippen molar-refractivity contribution in [2.24, 2.45) is 0 Å². The molecule has 0 saturated carbocycles. The monoisotopic (exact) mass is 301 g/mol. The van der Waals surface area contributed by atoms with Crippen molar-refractivity contribution in [3.05, 3.63) is 52.1 Å². The molecule has 2 heterocycles. The van der Waals surface area contributed by atoms with Gasteiger partial charge in [0.15, 0.2) is 5.69 Å². The van der Waals surface area contributed by atoms with E-state index in [1.165, 1.54) is 16.7 Å². The van der Waals surface area contributed by atoms with Crippen molar-refractivity contribution in [1.82, 2.24) is 15.3 Å². The number of aromatic nitrogens is 2. The molecule has 2 aromatic heterocycles. The molecule has 0 atom stereocenters. The van der Waals surface area contributed by atoms with Crippen LogP contribution in [0, 0.1) is 0 Å². The second-order valence-electron chi connectivity index (χ2n) is 4.38. The molecule has 3 rings (SSSR count). The van der Waals surface area contributed by atoms with Crippen LogP contribution >= 0.6 is 11.3 Å². The molecule has 1 aromatic carbocycles. The number of nitrogens with zero attached hydrogens (tertiary/aromatic N) is 1. The summed E-state index contributed by atoms with van der Waals surface area (Å²) in [6, 6.07) is 9.38. The van der Waals surface area contributed by atoms with Gasteiger partial charge in [0, 0.05) is 16.3 Å². The predicted octanol–water partition coefficient (Wildman–Crippen LogP) is 2.25. The van der Waals surface area contributed by atoms with Gasteiger partial charge in [-0.3, -0.25) is 4.79 Å². The second kappa shape index (κ2) is 5.37. The van der Waals surface area contributed by atoms with Crippen molar-refractivity contribution in [2.45, 2.75) is 6.54 Å². The third kappa shape index (κ3) is 2.77. The topological polar surface area (TPSA) is 95.1 Å². The maximum Gasteiger partial charge on any atom is 0.355 e. The number of rotatable bonds is 4. The third-order valence-electron chi connectivity index (χ3n) is 2.95. The molecule has 0 radical (unpaired) electrons. The number of thiazole rings is 1. The summed E-state index contributed by atoms with van der Waals surface area (Å²) in [6.07, 6.45) is 0. The minimum absolute atomic E-state index is 0.00476. The van der Waals surface area contributed by atoms with Crippen molar-refractivity contribution in [3.63, 3.8) is 0 Å². The Hall–Kier alpha value is -2.67. The molecule has 106 valence electrons. The van der Waals surface area contributed by atoms with Crippen molar-refractivity contribution in [1.29, 1.82) is 0 Å². The molecule has 0 aliphatic heterocycles. The van der Waals surface area contributed by atoms with Crippen LogP contribution in [-0.2, 0) is 6.54 Å². The molecule has 0 bridgehead atoms. The number of H-pyrrole nitrogens is 1. The van der Waals surface area contributed by atoms with Crippen molar-refractivity contribution in [3.8, 4) is 0 Å². The van der Waals surface area contributed by atoms with E-state index < -0.39 is 5.97 Å². The zero-order valence-electron chi connectivity index (χ0n) is 10.8. The number of carbonyl (C=O) groups excluding carboxylic acids is 1. The van der Waals surface area contributed by atoms with Gasteiger partial charge in [-0.25, -0.2) is 9.78 Å². The molecule has 6 nitrogen and oxygen atoms in total. The Bertz CT molecular complexity index is 789. The van der Waals surface area contributed by atoms with E-state index in [1.54, 1.807) is 6.07 Å². The molecule has 0 fully saturated rings. The van der Waals surface area contributed by atoms with E-state index in [0.717, 1.165) is 10.9 Å². The maximum atomic E-state index is 12.0. The van der Waals surface area contributed by atoms with Crippen LogP contribution in [0.5, 0.6) is 0 Å². The number of hydrogen-bond donors (Lipinski definition) is 3. The molecule has 21 heavy (non-hydrogen) atoms. The van der Waals surface area contributed by atoms with Crippen LogP contribution in [0.15, 0.2) is 35.7 Å².